The number of halogens is 1. The Morgan fingerprint density at radius 1 is 0.758 bits per heavy atom. The molecule has 0 radical (unpaired) electrons. The highest BCUT2D eigenvalue weighted by Crippen LogP contribution is 2.26. The van der Waals surface area contributed by atoms with Gasteiger partial charge in [-0.1, -0.05) is 66.2 Å². The third kappa shape index (κ3) is 4.18. The van der Waals surface area contributed by atoms with Gasteiger partial charge in [-0.25, -0.2) is 0 Å². The molecular formula is C26H17ClN2O3S. The topological polar surface area (TPSA) is 75.6 Å². The summed E-state index contributed by atoms with van der Waals surface area (Å²) in [6, 6.07) is 26.1. The standard InChI is InChI=1S/C26H17ClN2O3S/c27-19-10-12-20(13-11-19)28-25-16-24(22-7-3-4-8-23(22)26(25)30)29-33(31,32)21-14-9-17-5-1-2-6-18(17)15-21/h1-16,28H. The predicted octanol–water partition coefficient (Wildman–Crippen LogP) is 5.86. The normalized spacial score (nSPS) is 14.8. The lowest BCUT2D eigenvalue weighted by molar-refractivity contribution is 0.103. The molecule has 7 heteroatoms. The number of benzene rings is 4. The minimum atomic E-state index is -4.03. The van der Waals surface area contributed by atoms with E-state index in [9.17, 15) is 13.2 Å². The largest absolute Gasteiger partial charge is 0.352 e. The highest BCUT2D eigenvalue weighted by atomic mass is 35.5. The molecule has 1 aliphatic rings. The minimum absolute atomic E-state index is 0.0868. The maximum absolute atomic E-state index is 13.2. The van der Waals surface area contributed by atoms with Crippen molar-refractivity contribution in [3.8, 4) is 0 Å². The number of nitrogens with zero attached hydrogens (tertiary/aromatic N) is 1. The average molecular weight is 473 g/mol. The van der Waals surface area contributed by atoms with Gasteiger partial charge in [-0.2, -0.15) is 12.8 Å². The number of hydrogen-bond donors (Lipinski definition) is 1. The summed E-state index contributed by atoms with van der Waals surface area (Å²) < 4.78 is 30.5. The molecule has 0 saturated carbocycles. The van der Waals surface area contributed by atoms with Gasteiger partial charge in [0.25, 0.3) is 10.0 Å². The molecule has 4 aromatic carbocycles. The molecule has 0 spiro atoms. The van der Waals surface area contributed by atoms with Gasteiger partial charge in [0.05, 0.1) is 16.3 Å². The number of fused-ring (bicyclic) bond motifs is 2. The van der Waals surface area contributed by atoms with E-state index in [0.717, 1.165) is 10.8 Å². The smallest absolute Gasteiger partial charge is 0.282 e. The van der Waals surface area contributed by atoms with Crippen LogP contribution in [0.15, 0.2) is 112 Å². The monoisotopic (exact) mass is 472 g/mol. The van der Waals surface area contributed by atoms with Crippen LogP contribution in [0.3, 0.4) is 0 Å². The van der Waals surface area contributed by atoms with Gasteiger partial charge in [-0.3, -0.25) is 4.79 Å². The fraction of sp³-hybridized carbons (Fsp3) is 0. The van der Waals surface area contributed by atoms with Gasteiger partial charge < -0.3 is 5.32 Å². The lowest BCUT2D eigenvalue weighted by Gasteiger charge is -2.18. The second kappa shape index (κ2) is 8.31. The van der Waals surface area contributed by atoms with Crippen LogP contribution >= 0.6 is 11.6 Å². The molecule has 0 bridgehead atoms. The van der Waals surface area contributed by atoms with Gasteiger partial charge in [-0.15, -0.1) is 0 Å². The number of hydrogen-bond acceptors (Lipinski definition) is 4. The van der Waals surface area contributed by atoms with Gasteiger partial charge >= 0.3 is 0 Å². The summed E-state index contributed by atoms with van der Waals surface area (Å²) in [6.07, 6.45) is 1.47. The Balaban J connectivity index is 1.60. The third-order valence-corrected chi connectivity index (χ3v) is 6.87. The molecule has 0 amide bonds. The fourth-order valence-corrected chi connectivity index (χ4v) is 4.85. The van der Waals surface area contributed by atoms with E-state index in [1.807, 2.05) is 24.3 Å². The predicted molar refractivity (Wildman–Crippen MR) is 132 cm³/mol. The van der Waals surface area contributed by atoms with Crippen molar-refractivity contribution >= 4 is 49.6 Å². The molecule has 0 atom stereocenters. The van der Waals surface area contributed by atoms with Crippen molar-refractivity contribution in [1.82, 2.24) is 0 Å². The minimum Gasteiger partial charge on any atom is -0.352 e. The highest BCUT2D eigenvalue weighted by Gasteiger charge is 2.26. The second-order valence-electron chi connectivity index (χ2n) is 7.53. The quantitative estimate of drug-likeness (QED) is 0.403. The van der Waals surface area contributed by atoms with Crippen LogP contribution in [0, 0.1) is 0 Å². The average Bonchev–Trinajstić information content (AvgIpc) is 2.83. The van der Waals surface area contributed by atoms with Gasteiger partial charge in [0, 0.05) is 21.8 Å². The van der Waals surface area contributed by atoms with Crippen molar-refractivity contribution < 1.29 is 13.2 Å². The molecule has 5 nitrogen and oxygen atoms in total. The number of ketones is 1. The van der Waals surface area contributed by atoms with Crippen LogP contribution in [-0.4, -0.2) is 19.9 Å². The summed E-state index contributed by atoms with van der Waals surface area (Å²) in [5.74, 6) is -0.248. The number of nitrogens with one attached hydrogen (secondary N) is 1. The number of carbonyl (C=O) groups is 1. The summed E-state index contributed by atoms with van der Waals surface area (Å²) in [5.41, 5.74) is 1.91. The van der Waals surface area contributed by atoms with Crippen molar-refractivity contribution in [2.75, 3.05) is 5.32 Å². The number of carbonyl (C=O) groups excluding carboxylic acids is 1. The van der Waals surface area contributed by atoms with Gasteiger partial charge in [-0.05, 0) is 53.2 Å². The first kappa shape index (κ1) is 21.1. The van der Waals surface area contributed by atoms with E-state index in [1.165, 1.54) is 12.1 Å². The molecule has 33 heavy (non-hydrogen) atoms. The first-order valence-corrected chi connectivity index (χ1v) is 11.9. The maximum Gasteiger partial charge on any atom is 0.282 e. The van der Waals surface area contributed by atoms with Crippen LogP contribution in [0.4, 0.5) is 5.69 Å². The van der Waals surface area contributed by atoms with Crippen molar-refractivity contribution in [3.63, 3.8) is 0 Å². The summed E-state index contributed by atoms with van der Waals surface area (Å²) >= 11 is 5.95. The Kier molecular flexibility index (Phi) is 5.32. The van der Waals surface area contributed by atoms with Crippen molar-refractivity contribution in [2.45, 2.75) is 4.90 Å². The van der Waals surface area contributed by atoms with Crippen LogP contribution in [0.25, 0.3) is 10.8 Å². The molecule has 0 heterocycles. The van der Waals surface area contributed by atoms with E-state index >= 15 is 0 Å². The summed E-state index contributed by atoms with van der Waals surface area (Å²) in [4.78, 5) is 13.1. The van der Waals surface area contributed by atoms with Crippen LogP contribution in [0.5, 0.6) is 0 Å². The van der Waals surface area contributed by atoms with E-state index in [1.54, 1.807) is 60.7 Å². The molecule has 4 aromatic rings. The van der Waals surface area contributed by atoms with E-state index in [-0.39, 0.29) is 22.1 Å². The summed E-state index contributed by atoms with van der Waals surface area (Å²) in [7, 11) is -4.03. The summed E-state index contributed by atoms with van der Waals surface area (Å²) in [6.45, 7) is 0. The van der Waals surface area contributed by atoms with Crippen molar-refractivity contribution in [3.05, 3.63) is 119 Å². The van der Waals surface area contributed by atoms with Crippen molar-refractivity contribution in [1.29, 1.82) is 0 Å². The number of sulfonamides is 1. The van der Waals surface area contributed by atoms with Gasteiger partial charge in [0.2, 0.25) is 5.78 Å². The lowest BCUT2D eigenvalue weighted by Crippen LogP contribution is -2.22. The van der Waals surface area contributed by atoms with Crippen LogP contribution in [-0.2, 0) is 10.0 Å². The first-order chi connectivity index (χ1) is 15.9. The molecule has 5 rings (SSSR count). The molecule has 0 aliphatic heterocycles. The van der Waals surface area contributed by atoms with E-state index in [0.29, 0.717) is 21.8 Å². The Labute approximate surface area is 196 Å². The number of Topliss-reactive ketones (excluding diaryl/α,β-unsaturated/α-hetero) is 1. The molecule has 162 valence electrons. The van der Waals surface area contributed by atoms with Crippen LogP contribution < -0.4 is 5.32 Å². The molecule has 0 unspecified atom stereocenters. The third-order valence-electron chi connectivity index (χ3n) is 5.33. The number of anilines is 1. The molecule has 1 N–H and O–H groups in total. The van der Waals surface area contributed by atoms with Crippen molar-refractivity contribution in [2.24, 2.45) is 4.40 Å². The Morgan fingerprint density at radius 3 is 2.18 bits per heavy atom. The first-order valence-electron chi connectivity index (χ1n) is 10.1. The molecule has 0 aromatic heterocycles. The van der Waals surface area contributed by atoms with E-state index in [2.05, 4.69) is 9.71 Å². The molecule has 1 aliphatic carbocycles. The zero-order chi connectivity index (χ0) is 23.0. The zero-order valence-corrected chi connectivity index (χ0v) is 18.8. The van der Waals surface area contributed by atoms with Gasteiger partial charge in [0.1, 0.15) is 0 Å². The molecule has 0 saturated heterocycles. The highest BCUT2D eigenvalue weighted by molar-refractivity contribution is 7.90. The van der Waals surface area contributed by atoms with Gasteiger partial charge in [0.15, 0.2) is 0 Å². The Bertz CT molecular complexity index is 1570. The van der Waals surface area contributed by atoms with Crippen LogP contribution in [0.2, 0.25) is 5.02 Å². The Hall–Kier alpha value is -3.74. The lowest BCUT2D eigenvalue weighted by atomic mass is 9.92. The van der Waals surface area contributed by atoms with Crippen LogP contribution in [0.1, 0.15) is 15.9 Å². The fourth-order valence-electron chi connectivity index (χ4n) is 3.70. The Morgan fingerprint density at radius 2 is 1.42 bits per heavy atom. The maximum atomic E-state index is 13.2. The van der Waals surface area contributed by atoms with E-state index < -0.39 is 10.0 Å². The zero-order valence-electron chi connectivity index (χ0n) is 17.2. The molecular weight excluding hydrogens is 456 g/mol. The van der Waals surface area contributed by atoms with E-state index in [4.69, 9.17) is 11.6 Å². The molecule has 0 fully saturated rings. The second-order valence-corrected chi connectivity index (χ2v) is 9.57. The number of rotatable bonds is 4. The number of allylic oxidation sites excluding steroid dienone is 2. The SMILES string of the molecule is O=C1C(Nc2ccc(Cl)cc2)=CC(=NS(=O)(=O)c2ccc3ccccc3c2)c2ccccc21. The summed E-state index contributed by atoms with van der Waals surface area (Å²) in [5, 5.41) is 5.37.